The molecule has 0 spiro atoms. The third kappa shape index (κ3) is 4.56. The van der Waals surface area contributed by atoms with Crippen molar-refractivity contribution in [2.24, 2.45) is 10.7 Å². The molecule has 1 aliphatic rings. The maximum absolute atomic E-state index is 12.2. The molecule has 1 aliphatic heterocycles. The Labute approximate surface area is 147 Å². The van der Waals surface area contributed by atoms with Gasteiger partial charge in [0.15, 0.2) is 0 Å². The number of rotatable bonds is 6. The van der Waals surface area contributed by atoms with Crippen molar-refractivity contribution in [1.29, 1.82) is 0 Å². The normalized spacial score (nSPS) is 16.2. The summed E-state index contributed by atoms with van der Waals surface area (Å²) < 4.78 is 5.15. The molecule has 0 saturated carbocycles. The number of ether oxygens (including phenoxy) is 1. The molecule has 6 nitrogen and oxygen atoms in total. The molecule has 3 N–H and O–H groups in total. The summed E-state index contributed by atoms with van der Waals surface area (Å²) in [5.41, 5.74) is 8.97. The summed E-state index contributed by atoms with van der Waals surface area (Å²) in [6.07, 6.45) is 4.42. The van der Waals surface area contributed by atoms with E-state index in [2.05, 4.69) is 22.2 Å². The molecule has 0 aliphatic carbocycles. The standard InChI is InChI=1S/C19H22N4O2/c1-2-13-6-10-17(21-11-13)18(24)22-15-7-3-14(4-8-15)5-9-16-12-25-19(20)23-16/h3-4,6-8,10-11,16H,2,5,9,12H2,1H3,(H2,20,23)(H,22,24). The summed E-state index contributed by atoms with van der Waals surface area (Å²) in [6.45, 7) is 2.61. The minimum absolute atomic E-state index is 0.136. The number of nitrogens with zero attached hydrogens (tertiary/aromatic N) is 2. The molecule has 0 radical (unpaired) electrons. The van der Waals surface area contributed by atoms with Crippen LogP contribution in [0.5, 0.6) is 0 Å². The predicted molar refractivity (Wildman–Crippen MR) is 97.7 cm³/mol. The highest BCUT2D eigenvalue weighted by atomic mass is 16.5. The van der Waals surface area contributed by atoms with Gasteiger partial charge >= 0.3 is 0 Å². The Hall–Kier alpha value is -2.89. The Morgan fingerprint density at radius 1 is 1.24 bits per heavy atom. The molecule has 2 heterocycles. The number of hydrogen-bond donors (Lipinski definition) is 2. The first kappa shape index (κ1) is 17.0. The van der Waals surface area contributed by atoms with Crippen molar-refractivity contribution in [3.63, 3.8) is 0 Å². The van der Waals surface area contributed by atoms with Gasteiger partial charge in [0.25, 0.3) is 11.9 Å². The molecule has 25 heavy (non-hydrogen) atoms. The molecule has 1 unspecified atom stereocenters. The van der Waals surface area contributed by atoms with Crippen LogP contribution in [0.3, 0.4) is 0 Å². The lowest BCUT2D eigenvalue weighted by molar-refractivity contribution is 0.102. The number of carbonyl (C=O) groups is 1. The minimum Gasteiger partial charge on any atom is -0.463 e. The maximum Gasteiger partial charge on any atom is 0.282 e. The summed E-state index contributed by atoms with van der Waals surface area (Å²) >= 11 is 0. The number of carbonyl (C=O) groups excluding carboxylic acids is 1. The van der Waals surface area contributed by atoms with Crippen LogP contribution >= 0.6 is 0 Å². The number of pyridine rings is 1. The molecule has 6 heteroatoms. The zero-order valence-corrected chi connectivity index (χ0v) is 14.2. The molecule has 3 rings (SSSR count). The third-order valence-electron chi connectivity index (χ3n) is 4.18. The number of anilines is 1. The summed E-state index contributed by atoms with van der Waals surface area (Å²) in [5.74, 6) is -0.205. The first-order chi connectivity index (χ1) is 12.1. The van der Waals surface area contributed by atoms with Crippen LogP contribution in [-0.4, -0.2) is 29.6 Å². The van der Waals surface area contributed by atoms with Gasteiger partial charge in [-0.15, -0.1) is 0 Å². The monoisotopic (exact) mass is 338 g/mol. The van der Waals surface area contributed by atoms with Gasteiger partial charge in [-0.25, -0.2) is 4.99 Å². The lowest BCUT2D eigenvalue weighted by atomic mass is 10.1. The summed E-state index contributed by atoms with van der Waals surface area (Å²) in [7, 11) is 0. The molecule has 130 valence electrons. The number of aryl methyl sites for hydroxylation is 2. The van der Waals surface area contributed by atoms with Crippen LogP contribution in [0.25, 0.3) is 0 Å². The highest BCUT2D eigenvalue weighted by Crippen LogP contribution is 2.15. The first-order valence-corrected chi connectivity index (χ1v) is 8.45. The van der Waals surface area contributed by atoms with E-state index < -0.39 is 0 Å². The van der Waals surface area contributed by atoms with Crippen molar-refractivity contribution in [3.8, 4) is 0 Å². The quantitative estimate of drug-likeness (QED) is 0.847. The smallest absolute Gasteiger partial charge is 0.282 e. The van der Waals surface area contributed by atoms with E-state index in [1.807, 2.05) is 30.3 Å². The van der Waals surface area contributed by atoms with Gasteiger partial charge in [-0.3, -0.25) is 9.78 Å². The maximum atomic E-state index is 12.2. The molecule has 1 atom stereocenters. The zero-order valence-electron chi connectivity index (χ0n) is 14.2. The van der Waals surface area contributed by atoms with E-state index in [0.717, 1.165) is 30.5 Å². The van der Waals surface area contributed by atoms with E-state index in [1.54, 1.807) is 12.3 Å². The SMILES string of the molecule is CCc1ccc(C(=O)Nc2ccc(CCC3COC(N)=N3)cc2)nc1. The molecular formula is C19H22N4O2. The van der Waals surface area contributed by atoms with Crippen molar-refractivity contribution >= 4 is 17.6 Å². The van der Waals surface area contributed by atoms with Crippen LogP contribution in [0.2, 0.25) is 0 Å². The molecule has 1 amide bonds. The number of aromatic nitrogens is 1. The lowest BCUT2D eigenvalue weighted by Gasteiger charge is -2.08. The molecule has 1 aromatic carbocycles. The second-order valence-electron chi connectivity index (χ2n) is 6.03. The highest BCUT2D eigenvalue weighted by molar-refractivity contribution is 6.02. The molecule has 0 bridgehead atoms. The Morgan fingerprint density at radius 2 is 2.00 bits per heavy atom. The highest BCUT2D eigenvalue weighted by Gasteiger charge is 2.16. The average Bonchev–Trinajstić information content (AvgIpc) is 3.06. The fraction of sp³-hybridized carbons (Fsp3) is 0.316. The number of amides is 1. The van der Waals surface area contributed by atoms with Gasteiger partial charge in [-0.05, 0) is 48.6 Å². The third-order valence-corrected chi connectivity index (χ3v) is 4.18. The molecule has 0 fully saturated rings. The Kier molecular flexibility index (Phi) is 5.28. The van der Waals surface area contributed by atoms with Gasteiger partial charge in [0.05, 0.1) is 6.04 Å². The fourth-order valence-electron chi connectivity index (χ4n) is 2.64. The second kappa shape index (κ2) is 7.79. The van der Waals surface area contributed by atoms with Crippen LogP contribution < -0.4 is 11.1 Å². The number of benzene rings is 1. The van der Waals surface area contributed by atoms with Crippen LogP contribution in [-0.2, 0) is 17.6 Å². The lowest BCUT2D eigenvalue weighted by Crippen LogP contribution is -2.13. The first-order valence-electron chi connectivity index (χ1n) is 8.45. The Balaban J connectivity index is 1.53. The van der Waals surface area contributed by atoms with Crippen LogP contribution in [0, 0.1) is 0 Å². The molecule has 0 saturated heterocycles. The van der Waals surface area contributed by atoms with Gasteiger partial charge in [0.1, 0.15) is 12.3 Å². The minimum atomic E-state index is -0.205. The van der Waals surface area contributed by atoms with Crippen LogP contribution in [0.1, 0.15) is 35.0 Å². The van der Waals surface area contributed by atoms with Crippen molar-refractivity contribution < 1.29 is 9.53 Å². The number of nitrogens with one attached hydrogen (secondary N) is 1. The zero-order chi connectivity index (χ0) is 17.6. The van der Waals surface area contributed by atoms with E-state index in [-0.39, 0.29) is 18.0 Å². The number of aliphatic imine (C=N–C) groups is 1. The van der Waals surface area contributed by atoms with E-state index in [0.29, 0.717) is 12.3 Å². The molecule has 1 aromatic heterocycles. The second-order valence-corrected chi connectivity index (χ2v) is 6.03. The average molecular weight is 338 g/mol. The van der Waals surface area contributed by atoms with Crippen molar-refractivity contribution in [2.45, 2.75) is 32.2 Å². The van der Waals surface area contributed by atoms with Gasteiger partial charge in [-0.1, -0.05) is 25.1 Å². The van der Waals surface area contributed by atoms with E-state index in [1.165, 1.54) is 5.56 Å². The fourth-order valence-corrected chi connectivity index (χ4v) is 2.64. The van der Waals surface area contributed by atoms with Crippen LogP contribution in [0.4, 0.5) is 5.69 Å². The summed E-state index contributed by atoms with van der Waals surface area (Å²) in [5, 5.41) is 2.87. The Morgan fingerprint density at radius 3 is 2.60 bits per heavy atom. The topological polar surface area (TPSA) is 89.6 Å². The molecular weight excluding hydrogens is 316 g/mol. The van der Waals surface area contributed by atoms with E-state index in [9.17, 15) is 4.79 Å². The largest absolute Gasteiger partial charge is 0.463 e. The van der Waals surface area contributed by atoms with Crippen molar-refractivity contribution in [2.75, 3.05) is 11.9 Å². The molecule has 2 aromatic rings. The van der Waals surface area contributed by atoms with Gasteiger partial charge in [0, 0.05) is 11.9 Å². The Bertz CT molecular complexity index is 754. The number of hydrogen-bond acceptors (Lipinski definition) is 5. The predicted octanol–water partition coefficient (Wildman–Crippen LogP) is 2.54. The van der Waals surface area contributed by atoms with Gasteiger partial charge < -0.3 is 15.8 Å². The summed E-state index contributed by atoms with van der Waals surface area (Å²) in [4.78, 5) is 20.6. The number of amidine groups is 1. The van der Waals surface area contributed by atoms with Gasteiger partial charge in [0.2, 0.25) is 0 Å². The van der Waals surface area contributed by atoms with E-state index >= 15 is 0 Å². The van der Waals surface area contributed by atoms with Crippen molar-refractivity contribution in [1.82, 2.24) is 4.98 Å². The van der Waals surface area contributed by atoms with Gasteiger partial charge in [-0.2, -0.15) is 0 Å². The summed E-state index contributed by atoms with van der Waals surface area (Å²) in [6, 6.07) is 11.9. The van der Waals surface area contributed by atoms with Crippen LogP contribution in [0.15, 0.2) is 47.6 Å². The van der Waals surface area contributed by atoms with Crippen molar-refractivity contribution in [3.05, 3.63) is 59.4 Å². The van der Waals surface area contributed by atoms with E-state index in [4.69, 9.17) is 10.5 Å². The number of nitrogens with two attached hydrogens (primary N) is 1.